The van der Waals surface area contributed by atoms with Gasteiger partial charge in [-0.05, 0) is 36.4 Å². The molecule has 1 aromatic carbocycles. The number of alkyl halides is 3. The number of thiazole rings is 1. The van der Waals surface area contributed by atoms with Crippen LogP contribution in [0.15, 0.2) is 36.7 Å². The van der Waals surface area contributed by atoms with Crippen LogP contribution in [-0.4, -0.2) is 53.3 Å². The van der Waals surface area contributed by atoms with Crippen LogP contribution in [0.5, 0.6) is 0 Å². The number of fused-ring (bicyclic) bond motifs is 1. The van der Waals surface area contributed by atoms with Crippen LogP contribution in [0.1, 0.15) is 12.8 Å². The minimum Gasteiger partial charge on any atom is -0.360 e. The summed E-state index contributed by atoms with van der Waals surface area (Å²) in [6, 6.07) is 6.78. The number of pyridine rings is 1. The van der Waals surface area contributed by atoms with E-state index in [9.17, 15) is 17.6 Å². The number of nitrogens with two attached hydrogens (primary N) is 1. The predicted molar refractivity (Wildman–Crippen MR) is 114 cm³/mol. The molecule has 0 radical (unpaired) electrons. The van der Waals surface area contributed by atoms with Crippen molar-refractivity contribution in [3.05, 3.63) is 42.6 Å². The van der Waals surface area contributed by atoms with Crippen LogP contribution in [0, 0.1) is 11.9 Å². The smallest absolute Gasteiger partial charge is 0.360 e. The van der Waals surface area contributed by atoms with E-state index in [1.54, 1.807) is 11.1 Å². The summed E-state index contributed by atoms with van der Waals surface area (Å²) in [6.07, 6.45) is -0.201. The number of nitrogens with one attached hydrogen (secondary N) is 1. The van der Waals surface area contributed by atoms with E-state index in [0.717, 1.165) is 21.2 Å². The SMILES string of the molecule is N[C@H](CNc1ncc(-c2ccc3cnc(F)cc3c2)s1)CN1CCCC(C(F)(F)F)C1. The highest BCUT2D eigenvalue weighted by molar-refractivity contribution is 7.18. The summed E-state index contributed by atoms with van der Waals surface area (Å²) in [4.78, 5) is 10.7. The number of nitrogens with zero attached hydrogens (tertiary/aromatic N) is 3. The van der Waals surface area contributed by atoms with Gasteiger partial charge in [0.05, 0.1) is 10.8 Å². The molecule has 166 valence electrons. The minimum absolute atomic E-state index is 0.0106. The van der Waals surface area contributed by atoms with Crippen molar-refractivity contribution in [1.82, 2.24) is 14.9 Å². The molecule has 10 heteroatoms. The van der Waals surface area contributed by atoms with Crippen LogP contribution in [0.2, 0.25) is 0 Å². The summed E-state index contributed by atoms with van der Waals surface area (Å²) in [5.41, 5.74) is 7.07. The summed E-state index contributed by atoms with van der Waals surface area (Å²) in [6.45, 7) is 1.47. The van der Waals surface area contributed by atoms with Crippen LogP contribution in [-0.2, 0) is 0 Å². The second-order valence-corrected chi connectivity index (χ2v) is 8.91. The van der Waals surface area contributed by atoms with Crippen molar-refractivity contribution in [3.8, 4) is 10.4 Å². The Balaban J connectivity index is 1.33. The van der Waals surface area contributed by atoms with Crippen LogP contribution < -0.4 is 11.1 Å². The molecule has 5 nitrogen and oxygen atoms in total. The highest BCUT2D eigenvalue weighted by Gasteiger charge is 2.41. The van der Waals surface area contributed by atoms with Gasteiger partial charge >= 0.3 is 6.18 Å². The summed E-state index contributed by atoms with van der Waals surface area (Å²) in [7, 11) is 0. The molecule has 3 heterocycles. The third-order valence-electron chi connectivity index (χ3n) is 5.46. The van der Waals surface area contributed by atoms with Crippen molar-refractivity contribution in [2.75, 3.05) is 31.5 Å². The number of hydrogen-bond acceptors (Lipinski definition) is 6. The molecule has 0 aliphatic carbocycles. The number of benzene rings is 1. The fourth-order valence-electron chi connectivity index (χ4n) is 3.86. The molecule has 31 heavy (non-hydrogen) atoms. The van der Waals surface area contributed by atoms with Crippen LogP contribution >= 0.6 is 11.3 Å². The molecule has 3 aromatic rings. The number of piperidine rings is 1. The zero-order valence-corrected chi connectivity index (χ0v) is 17.5. The Morgan fingerprint density at radius 2 is 2.03 bits per heavy atom. The van der Waals surface area contributed by atoms with E-state index < -0.39 is 18.0 Å². The average molecular weight is 454 g/mol. The largest absolute Gasteiger partial charge is 0.393 e. The van der Waals surface area contributed by atoms with Gasteiger partial charge in [-0.15, -0.1) is 0 Å². The maximum Gasteiger partial charge on any atom is 0.393 e. The number of aromatic nitrogens is 2. The van der Waals surface area contributed by atoms with E-state index in [1.807, 2.05) is 18.2 Å². The Morgan fingerprint density at radius 3 is 2.84 bits per heavy atom. The third-order valence-corrected chi connectivity index (χ3v) is 6.46. The molecule has 1 aliphatic rings. The molecule has 0 amide bonds. The van der Waals surface area contributed by atoms with E-state index in [4.69, 9.17) is 5.73 Å². The van der Waals surface area contributed by atoms with Crippen molar-refractivity contribution in [1.29, 1.82) is 0 Å². The molecule has 0 saturated carbocycles. The average Bonchev–Trinajstić information content (AvgIpc) is 3.20. The summed E-state index contributed by atoms with van der Waals surface area (Å²) >= 11 is 1.44. The van der Waals surface area contributed by atoms with E-state index in [2.05, 4.69) is 15.3 Å². The lowest BCUT2D eigenvalue weighted by molar-refractivity contribution is -0.186. The number of rotatable bonds is 6. The quantitative estimate of drug-likeness (QED) is 0.425. The standard InChI is InChI=1S/C21H23F4N5S/c22-19-7-15-6-13(3-4-14(15)8-27-19)18-10-29-20(31-18)28-9-17(26)12-30-5-1-2-16(11-30)21(23,24)25/h3-4,6-8,10,16-17H,1-2,5,9,11-12,26H2,(H,28,29)/t16?,17-/m1/s1. The van der Waals surface area contributed by atoms with Crippen molar-refractivity contribution in [3.63, 3.8) is 0 Å². The van der Waals surface area contributed by atoms with Gasteiger partial charge in [0.15, 0.2) is 5.13 Å². The first-order valence-corrected chi connectivity index (χ1v) is 10.9. The highest BCUT2D eigenvalue weighted by Crippen LogP contribution is 2.33. The van der Waals surface area contributed by atoms with E-state index in [1.165, 1.54) is 23.6 Å². The monoisotopic (exact) mass is 453 g/mol. The molecular weight excluding hydrogens is 430 g/mol. The molecule has 1 fully saturated rings. The Bertz CT molecular complexity index is 1040. The Morgan fingerprint density at radius 1 is 1.19 bits per heavy atom. The molecular formula is C21H23F4N5S. The van der Waals surface area contributed by atoms with E-state index >= 15 is 0 Å². The molecule has 1 saturated heterocycles. The van der Waals surface area contributed by atoms with Gasteiger partial charge in [-0.3, -0.25) is 0 Å². The first-order chi connectivity index (χ1) is 14.8. The van der Waals surface area contributed by atoms with Crippen LogP contribution in [0.3, 0.4) is 0 Å². The second kappa shape index (κ2) is 9.05. The van der Waals surface area contributed by atoms with Crippen molar-refractivity contribution in [2.45, 2.75) is 25.1 Å². The highest BCUT2D eigenvalue weighted by atomic mass is 32.1. The molecule has 4 rings (SSSR count). The van der Waals surface area contributed by atoms with Gasteiger partial charge < -0.3 is 16.0 Å². The van der Waals surface area contributed by atoms with E-state index in [-0.39, 0.29) is 19.0 Å². The summed E-state index contributed by atoms with van der Waals surface area (Å²) in [5, 5.41) is 5.46. The normalized spacial score (nSPS) is 18.9. The number of likely N-dealkylation sites (tertiary alicyclic amines) is 1. The fourth-order valence-corrected chi connectivity index (χ4v) is 4.68. The molecule has 0 spiro atoms. The van der Waals surface area contributed by atoms with Gasteiger partial charge in [-0.25, -0.2) is 9.97 Å². The maximum atomic E-state index is 13.4. The van der Waals surface area contributed by atoms with Crippen molar-refractivity contribution in [2.24, 2.45) is 11.7 Å². The Hall–Kier alpha value is -2.30. The lowest BCUT2D eigenvalue weighted by atomic mass is 9.97. The maximum absolute atomic E-state index is 13.4. The predicted octanol–water partition coefficient (Wildman–Crippen LogP) is 4.51. The number of hydrogen-bond donors (Lipinski definition) is 2. The number of halogens is 4. The fraction of sp³-hybridized carbons (Fsp3) is 0.429. The topological polar surface area (TPSA) is 67.1 Å². The van der Waals surface area contributed by atoms with Gasteiger partial charge in [0.2, 0.25) is 5.95 Å². The Labute approximate surface area is 181 Å². The van der Waals surface area contributed by atoms with Crippen molar-refractivity contribution < 1.29 is 17.6 Å². The first kappa shape index (κ1) is 21.9. The second-order valence-electron chi connectivity index (χ2n) is 7.88. The molecule has 3 N–H and O–H groups in total. The van der Waals surface area contributed by atoms with Gasteiger partial charge in [0.1, 0.15) is 0 Å². The number of anilines is 1. The van der Waals surface area contributed by atoms with Gasteiger partial charge in [-0.1, -0.05) is 23.5 Å². The Kier molecular flexibility index (Phi) is 6.40. The van der Waals surface area contributed by atoms with Crippen molar-refractivity contribution >= 4 is 27.2 Å². The molecule has 2 aromatic heterocycles. The summed E-state index contributed by atoms with van der Waals surface area (Å²) in [5.74, 6) is -1.80. The molecule has 0 bridgehead atoms. The lowest BCUT2D eigenvalue weighted by Gasteiger charge is -2.35. The van der Waals surface area contributed by atoms with Gasteiger partial charge in [-0.2, -0.15) is 17.6 Å². The molecule has 2 atom stereocenters. The van der Waals surface area contributed by atoms with Crippen LogP contribution in [0.4, 0.5) is 22.7 Å². The van der Waals surface area contributed by atoms with E-state index in [0.29, 0.717) is 31.2 Å². The lowest BCUT2D eigenvalue weighted by Crippen LogP contribution is -2.48. The third kappa shape index (κ3) is 5.50. The zero-order chi connectivity index (χ0) is 22.0. The molecule has 1 aliphatic heterocycles. The minimum atomic E-state index is -4.15. The van der Waals surface area contributed by atoms with Crippen LogP contribution in [0.25, 0.3) is 21.2 Å². The summed E-state index contributed by atoms with van der Waals surface area (Å²) < 4.78 is 52.3. The first-order valence-electron chi connectivity index (χ1n) is 10.1. The molecule has 1 unspecified atom stereocenters. The van der Waals surface area contributed by atoms with Gasteiger partial charge in [0, 0.05) is 49.5 Å². The zero-order valence-electron chi connectivity index (χ0n) is 16.7. The van der Waals surface area contributed by atoms with Gasteiger partial charge in [0.25, 0.3) is 0 Å².